The Morgan fingerprint density at radius 1 is 1.29 bits per heavy atom. The zero-order valence-electron chi connectivity index (χ0n) is 12.8. The molecule has 0 saturated carbocycles. The van der Waals surface area contributed by atoms with Gasteiger partial charge in [0.1, 0.15) is 5.75 Å². The van der Waals surface area contributed by atoms with E-state index in [1.807, 2.05) is 6.07 Å². The molecule has 0 radical (unpaired) electrons. The van der Waals surface area contributed by atoms with Crippen LogP contribution in [0, 0.1) is 0 Å². The first-order valence-electron chi connectivity index (χ1n) is 7.24. The van der Waals surface area contributed by atoms with Gasteiger partial charge in [-0.3, -0.25) is 4.68 Å². The van der Waals surface area contributed by atoms with Crippen molar-refractivity contribution in [3.05, 3.63) is 45.2 Å². The summed E-state index contributed by atoms with van der Waals surface area (Å²) in [4.78, 5) is 0. The molecule has 1 aromatic heterocycles. The highest BCUT2D eigenvalue weighted by Crippen LogP contribution is 2.26. The molecule has 0 aliphatic rings. The highest BCUT2D eigenvalue weighted by atomic mass is 79.9. The molecule has 0 fully saturated rings. The fourth-order valence-corrected chi connectivity index (χ4v) is 3.20. The van der Waals surface area contributed by atoms with Crippen LogP contribution < -0.4 is 10.5 Å². The molecule has 2 rings (SSSR count). The van der Waals surface area contributed by atoms with Crippen LogP contribution in [-0.2, 0) is 25.9 Å². The van der Waals surface area contributed by atoms with Gasteiger partial charge in [-0.15, -0.1) is 0 Å². The summed E-state index contributed by atoms with van der Waals surface area (Å²) in [7, 11) is 1.67. The average molecular weight is 352 g/mol. The van der Waals surface area contributed by atoms with Crippen LogP contribution >= 0.6 is 15.9 Å². The molecule has 0 bridgehead atoms. The van der Waals surface area contributed by atoms with E-state index in [4.69, 9.17) is 15.6 Å². The molecule has 0 spiro atoms. The van der Waals surface area contributed by atoms with Gasteiger partial charge in [-0.05, 0) is 46.5 Å². The van der Waals surface area contributed by atoms with Crippen LogP contribution in [0.1, 0.15) is 36.4 Å². The Hall–Kier alpha value is -1.33. The first-order chi connectivity index (χ1) is 10.1. The Morgan fingerprint density at radius 2 is 2.05 bits per heavy atom. The van der Waals surface area contributed by atoms with Crippen LogP contribution in [0.5, 0.6) is 5.75 Å². The summed E-state index contributed by atoms with van der Waals surface area (Å²) in [6.07, 6.45) is 1.86. The van der Waals surface area contributed by atoms with Gasteiger partial charge >= 0.3 is 0 Å². The van der Waals surface area contributed by atoms with Crippen molar-refractivity contribution in [2.24, 2.45) is 5.73 Å². The molecule has 0 saturated heterocycles. The van der Waals surface area contributed by atoms with Crippen LogP contribution in [0.25, 0.3) is 0 Å². The molecule has 1 heterocycles. The number of nitrogens with zero attached hydrogens (tertiary/aromatic N) is 2. The molecule has 0 atom stereocenters. The first-order valence-corrected chi connectivity index (χ1v) is 8.03. The number of hydrogen-bond acceptors (Lipinski definition) is 3. The quantitative estimate of drug-likeness (QED) is 0.868. The molecule has 114 valence electrons. The van der Waals surface area contributed by atoms with Gasteiger partial charge in [-0.25, -0.2) is 0 Å². The Bertz CT molecular complexity index is 622. The standard InChI is InChI=1S/C16H22BrN3O/c1-4-14-12(9-18)15(5-2)20(19-14)10-11-6-7-16(21-3)13(17)8-11/h6-8H,4-5,9-10,18H2,1-3H3. The molecule has 1 aromatic carbocycles. The van der Waals surface area contributed by atoms with Crippen molar-refractivity contribution in [1.82, 2.24) is 9.78 Å². The first kappa shape index (κ1) is 16.0. The predicted molar refractivity (Wildman–Crippen MR) is 88.7 cm³/mol. The van der Waals surface area contributed by atoms with E-state index in [2.05, 4.69) is 46.6 Å². The number of nitrogens with two attached hydrogens (primary N) is 1. The minimum Gasteiger partial charge on any atom is -0.496 e. The Labute approximate surface area is 134 Å². The monoisotopic (exact) mass is 351 g/mol. The van der Waals surface area contributed by atoms with E-state index in [-0.39, 0.29) is 0 Å². The van der Waals surface area contributed by atoms with Crippen molar-refractivity contribution in [2.75, 3.05) is 7.11 Å². The Kier molecular flexibility index (Phi) is 5.42. The van der Waals surface area contributed by atoms with Crippen LogP contribution in [0.2, 0.25) is 0 Å². The number of benzene rings is 1. The molecule has 21 heavy (non-hydrogen) atoms. The van der Waals surface area contributed by atoms with Crippen LogP contribution in [0.15, 0.2) is 22.7 Å². The van der Waals surface area contributed by atoms with Crippen LogP contribution in [0.4, 0.5) is 0 Å². The average Bonchev–Trinajstić information content (AvgIpc) is 2.84. The van der Waals surface area contributed by atoms with Gasteiger partial charge in [0.15, 0.2) is 0 Å². The van der Waals surface area contributed by atoms with E-state index >= 15 is 0 Å². The Balaban J connectivity index is 2.35. The molecule has 5 heteroatoms. The summed E-state index contributed by atoms with van der Waals surface area (Å²) >= 11 is 3.53. The van der Waals surface area contributed by atoms with E-state index in [0.717, 1.165) is 35.3 Å². The van der Waals surface area contributed by atoms with Gasteiger partial charge in [0.05, 0.1) is 23.8 Å². The van der Waals surface area contributed by atoms with Crippen molar-refractivity contribution < 1.29 is 4.74 Å². The third-order valence-corrected chi connectivity index (χ3v) is 4.29. The molecule has 2 aromatic rings. The van der Waals surface area contributed by atoms with E-state index in [9.17, 15) is 0 Å². The summed E-state index contributed by atoms with van der Waals surface area (Å²) in [5.41, 5.74) is 10.6. The highest BCUT2D eigenvalue weighted by molar-refractivity contribution is 9.10. The lowest BCUT2D eigenvalue weighted by Crippen LogP contribution is -2.08. The minimum atomic E-state index is 0.554. The lowest BCUT2D eigenvalue weighted by molar-refractivity contribution is 0.412. The number of aryl methyl sites for hydroxylation is 1. The number of halogens is 1. The fraction of sp³-hybridized carbons (Fsp3) is 0.438. The third-order valence-electron chi connectivity index (χ3n) is 3.67. The summed E-state index contributed by atoms with van der Waals surface area (Å²) in [6.45, 7) is 5.57. The van der Waals surface area contributed by atoms with Crippen molar-refractivity contribution in [2.45, 2.75) is 39.8 Å². The van der Waals surface area contributed by atoms with E-state index in [0.29, 0.717) is 6.54 Å². The number of aromatic nitrogens is 2. The fourth-order valence-electron chi connectivity index (χ4n) is 2.62. The second kappa shape index (κ2) is 7.09. The molecule has 0 unspecified atom stereocenters. The molecule has 4 nitrogen and oxygen atoms in total. The van der Waals surface area contributed by atoms with Gasteiger partial charge in [-0.2, -0.15) is 5.10 Å². The van der Waals surface area contributed by atoms with E-state index in [1.165, 1.54) is 16.8 Å². The zero-order valence-corrected chi connectivity index (χ0v) is 14.4. The van der Waals surface area contributed by atoms with Crippen molar-refractivity contribution in [3.8, 4) is 5.75 Å². The number of hydrogen-bond donors (Lipinski definition) is 1. The van der Waals surface area contributed by atoms with E-state index in [1.54, 1.807) is 7.11 Å². The summed E-state index contributed by atoms with van der Waals surface area (Å²) in [5, 5.41) is 4.73. The number of methoxy groups -OCH3 is 1. The predicted octanol–water partition coefficient (Wildman–Crippen LogP) is 3.29. The maximum Gasteiger partial charge on any atom is 0.133 e. The van der Waals surface area contributed by atoms with Crippen molar-refractivity contribution in [3.63, 3.8) is 0 Å². The maximum absolute atomic E-state index is 5.89. The van der Waals surface area contributed by atoms with E-state index < -0.39 is 0 Å². The largest absolute Gasteiger partial charge is 0.496 e. The van der Waals surface area contributed by atoms with Crippen molar-refractivity contribution in [1.29, 1.82) is 0 Å². The normalized spacial score (nSPS) is 10.9. The van der Waals surface area contributed by atoms with Crippen molar-refractivity contribution >= 4 is 15.9 Å². The molecule has 2 N–H and O–H groups in total. The van der Waals surface area contributed by atoms with Gasteiger partial charge in [0, 0.05) is 17.8 Å². The highest BCUT2D eigenvalue weighted by Gasteiger charge is 2.14. The van der Waals surface area contributed by atoms with Gasteiger partial charge in [-0.1, -0.05) is 19.9 Å². The lowest BCUT2D eigenvalue weighted by Gasteiger charge is -2.09. The lowest BCUT2D eigenvalue weighted by atomic mass is 10.1. The molecule has 0 aliphatic carbocycles. The van der Waals surface area contributed by atoms with Gasteiger partial charge < -0.3 is 10.5 Å². The smallest absolute Gasteiger partial charge is 0.133 e. The summed E-state index contributed by atoms with van der Waals surface area (Å²) < 4.78 is 8.31. The second-order valence-corrected chi connectivity index (χ2v) is 5.76. The van der Waals surface area contributed by atoms with Gasteiger partial charge in [0.2, 0.25) is 0 Å². The summed E-state index contributed by atoms with van der Waals surface area (Å²) in [6, 6.07) is 6.12. The molecular weight excluding hydrogens is 330 g/mol. The number of ether oxygens (including phenoxy) is 1. The minimum absolute atomic E-state index is 0.554. The summed E-state index contributed by atoms with van der Waals surface area (Å²) in [5.74, 6) is 0.840. The molecular formula is C16H22BrN3O. The van der Waals surface area contributed by atoms with Gasteiger partial charge in [0.25, 0.3) is 0 Å². The maximum atomic E-state index is 5.89. The second-order valence-electron chi connectivity index (χ2n) is 4.91. The number of rotatable bonds is 6. The topological polar surface area (TPSA) is 53.1 Å². The molecule has 0 aliphatic heterocycles. The van der Waals surface area contributed by atoms with Crippen LogP contribution in [0.3, 0.4) is 0 Å². The Morgan fingerprint density at radius 3 is 2.57 bits per heavy atom. The third kappa shape index (κ3) is 3.30. The van der Waals surface area contributed by atoms with Crippen LogP contribution in [-0.4, -0.2) is 16.9 Å². The SMILES string of the molecule is CCc1nn(Cc2ccc(OC)c(Br)c2)c(CC)c1CN. The zero-order chi connectivity index (χ0) is 15.4. The molecule has 0 amide bonds.